The molecule has 0 unspecified atom stereocenters. The van der Waals surface area contributed by atoms with E-state index in [1.165, 1.54) is 186 Å². The molecule has 0 bridgehead atoms. The smallest absolute Gasteiger partial charge is 0.297 e. The average molecular weight is 684 g/mol. The summed E-state index contributed by atoms with van der Waals surface area (Å²) >= 11 is 0. The first kappa shape index (κ1) is 46.9. The van der Waals surface area contributed by atoms with Crippen molar-refractivity contribution in [3.63, 3.8) is 0 Å². The fourth-order valence-corrected chi connectivity index (χ4v) is 7.69. The van der Waals surface area contributed by atoms with Crippen LogP contribution in [0, 0.1) is 0 Å². The first-order chi connectivity index (χ1) is 23.2. The molecule has 0 fully saturated rings. The highest BCUT2D eigenvalue weighted by atomic mass is 31.2. The fourth-order valence-electron chi connectivity index (χ4n) is 6.27. The molecular weight excluding hydrogens is 597 g/mol. The van der Waals surface area contributed by atoms with Crippen molar-refractivity contribution in [3.8, 4) is 0 Å². The van der Waals surface area contributed by atoms with Crippen LogP contribution in [0.1, 0.15) is 239 Å². The van der Waals surface area contributed by atoms with E-state index < -0.39 is 7.75 Å². The second-order valence-corrected chi connectivity index (χ2v) is 16.2. The van der Waals surface area contributed by atoms with Crippen LogP contribution in [-0.2, 0) is 13.6 Å². The molecule has 0 saturated carbocycles. The molecule has 0 aromatic rings. The summed E-state index contributed by atoms with van der Waals surface area (Å²) in [6.07, 6.45) is 48.8. The Morgan fingerprint density at radius 3 is 1.00 bits per heavy atom. The van der Waals surface area contributed by atoms with E-state index >= 15 is 0 Å². The standard InChI is InChI=1S/C42H86NO3P/c1-4-7-10-13-16-19-22-23-24-25-26-27-28-31-34-37-40-43-47(44,45-41-38-35-32-29-20-17-14-11-8-5-2)46-42-39-36-33-30-21-18-15-12-9-6-3/h23-24H,4-22,25-42H2,1-3H3,(H,43,44). The maximum atomic E-state index is 13.5. The van der Waals surface area contributed by atoms with Gasteiger partial charge >= 0.3 is 7.75 Å². The third kappa shape index (κ3) is 38.5. The van der Waals surface area contributed by atoms with E-state index in [1.807, 2.05) is 0 Å². The molecule has 5 heteroatoms. The molecule has 0 saturated heterocycles. The molecule has 47 heavy (non-hydrogen) atoms. The van der Waals surface area contributed by atoms with Crippen molar-refractivity contribution in [1.82, 2.24) is 5.09 Å². The monoisotopic (exact) mass is 684 g/mol. The third-order valence-electron chi connectivity index (χ3n) is 9.51. The number of allylic oxidation sites excluding steroid dienone is 2. The molecule has 0 heterocycles. The van der Waals surface area contributed by atoms with Crippen molar-refractivity contribution in [3.05, 3.63) is 12.2 Å². The van der Waals surface area contributed by atoms with Gasteiger partial charge in [-0.25, -0.2) is 9.65 Å². The van der Waals surface area contributed by atoms with Crippen molar-refractivity contribution in [2.45, 2.75) is 239 Å². The lowest BCUT2D eigenvalue weighted by atomic mass is 10.1. The van der Waals surface area contributed by atoms with Gasteiger partial charge in [0.15, 0.2) is 0 Å². The Morgan fingerprint density at radius 2 is 0.660 bits per heavy atom. The van der Waals surface area contributed by atoms with Crippen LogP contribution in [0.5, 0.6) is 0 Å². The summed E-state index contributed by atoms with van der Waals surface area (Å²) in [7, 11) is -3.22. The van der Waals surface area contributed by atoms with E-state index in [0.29, 0.717) is 19.8 Å². The van der Waals surface area contributed by atoms with Crippen LogP contribution in [0.25, 0.3) is 0 Å². The maximum Gasteiger partial charge on any atom is 0.405 e. The van der Waals surface area contributed by atoms with Crippen LogP contribution in [0.3, 0.4) is 0 Å². The SMILES string of the molecule is CCCCCCCCC=CCCCCCCCCNP(=O)(OCCCCCCCCCCCC)OCCCCCCCCCCCC. The van der Waals surface area contributed by atoms with Gasteiger partial charge < -0.3 is 0 Å². The van der Waals surface area contributed by atoms with Gasteiger partial charge in [-0.3, -0.25) is 9.05 Å². The number of hydrogen-bond donors (Lipinski definition) is 1. The van der Waals surface area contributed by atoms with Crippen LogP contribution >= 0.6 is 7.75 Å². The maximum absolute atomic E-state index is 13.5. The summed E-state index contributed by atoms with van der Waals surface area (Å²) in [5.41, 5.74) is 0. The number of hydrogen-bond acceptors (Lipinski definition) is 3. The molecule has 0 rings (SSSR count). The molecule has 0 atom stereocenters. The normalized spacial score (nSPS) is 12.1. The zero-order chi connectivity index (χ0) is 34.2. The first-order valence-corrected chi connectivity index (χ1v) is 23.0. The molecule has 4 nitrogen and oxygen atoms in total. The number of rotatable bonds is 41. The molecule has 0 aliphatic rings. The molecule has 0 spiro atoms. The lowest BCUT2D eigenvalue weighted by Gasteiger charge is -2.19. The largest absolute Gasteiger partial charge is 0.405 e. The minimum absolute atomic E-state index is 0.534. The number of nitrogens with one attached hydrogen (secondary N) is 1. The van der Waals surface area contributed by atoms with E-state index in [2.05, 4.69) is 38.0 Å². The minimum atomic E-state index is -3.22. The van der Waals surface area contributed by atoms with E-state index in [4.69, 9.17) is 9.05 Å². The summed E-state index contributed by atoms with van der Waals surface area (Å²) in [6.45, 7) is 8.62. The second kappa shape index (κ2) is 40.3. The zero-order valence-electron chi connectivity index (χ0n) is 32.5. The predicted molar refractivity (Wildman–Crippen MR) is 211 cm³/mol. The fraction of sp³-hybridized carbons (Fsp3) is 0.952. The van der Waals surface area contributed by atoms with E-state index in [1.54, 1.807) is 0 Å². The first-order valence-electron chi connectivity index (χ1n) is 21.5. The van der Waals surface area contributed by atoms with Crippen molar-refractivity contribution in [2.24, 2.45) is 0 Å². The quantitative estimate of drug-likeness (QED) is 0.0396. The highest BCUT2D eigenvalue weighted by molar-refractivity contribution is 7.51. The Bertz CT molecular complexity index is 626. The number of unbranched alkanes of at least 4 members (excludes halogenated alkanes) is 30. The molecule has 0 radical (unpaired) electrons. The Morgan fingerprint density at radius 1 is 0.383 bits per heavy atom. The van der Waals surface area contributed by atoms with Crippen molar-refractivity contribution in [1.29, 1.82) is 0 Å². The van der Waals surface area contributed by atoms with Gasteiger partial charge in [0, 0.05) is 6.54 Å². The van der Waals surface area contributed by atoms with Crippen LogP contribution < -0.4 is 5.09 Å². The van der Waals surface area contributed by atoms with Gasteiger partial charge in [0.05, 0.1) is 13.2 Å². The van der Waals surface area contributed by atoms with E-state index in [9.17, 15) is 4.57 Å². The van der Waals surface area contributed by atoms with Gasteiger partial charge in [-0.2, -0.15) is 0 Å². The summed E-state index contributed by atoms with van der Waals surface area (Å²) < 4.78 is 25.4. The van der Waals surface area contributed by atoms with Gasteiger partial charge in [-0.1, -0.05) is 206 Å². The lowest BCUT2D eigenvalue weighted by Crippen LogP contribution is -2.17. The highest BCUT2D eigenvalue weighted by Gasteiger charge is 2.23. The van der Waals surface area contributed by atoms with Gasteiger partial charge in [-0.15, -0.1) is 0 Å². The highest BCUT2D eigenvalue weighted by Crippen LogP contribution is 2.44. The van der Waals surface area contributed by atoms with Crippen LogP contribution in [0.4, 0.5) is 0 Å². The Kier molecular flexibility index (Phi) is 40.2. The van der Waals surface area contributed by atoms with Gasteiger partial charge in [0.1, 0.15) is 0 Å². The summed E-state index contributed by atoms with van der Waals surface area (Å²) in [4.78, 5) is 0. The van der Waals surface area contributed by atoms with Crippen LogP contribution in [-0.4, -0.2) is 19.8 Å². The molecule has 0 aromatic carbocycles. The van der Waals surface area contributed by atoms with Crippen LogP contribution in [0.2, 0.25) is 0 Å². The molecule has 0 amide bonds. The molecular formula is C42H86NO3P. The zero-order valence-corrected chi connectivity index (χ0v) is 33.4. The molecule has 1 N–H and O–H groups in total. The molecule has 0 aliphatic carbocycles. The van der Waals surface area contributed by atoms with Crippen LogP contribution in [0.15, 0.2) is 12.2 Å². The summed E-state index contributed by atoms with van der Waals surface area (Å²) in [5, 5.41) is 3.22. The molecule has 282 valence electrons. The van der Waals surface area contributed by atoms with Crippen molar-refractivity contribution in [2.75, 3.05) is 19.8 Å². The average Bonchev–Trinajstić information content (AvgIpc) is 3.07. The lowest BCUT2D eigenvalue weighted by molar-refractivity contribution is 0.189. The van der Waals surface area contributed by atoms with Crippen molar-refractivity contribution < 1.29 is 13.6 Å². The Labute approximate surface area is 296 Å². The Hall–Kier alpha value is -0.150. The second-order valence-electron chi connectivity index (χ2n) is 14.4. The summed E-state index contributed by atoms with van der Waals surface area (Å²) in [5.74, 6) is 0. The van der Waals surface area contributed by atoms with Crippen molar-refractivity contribution >= 4 is 7.75 Å². The topological polar surface area (TPSA) is 47.6 Å². The van der Waals surface area contributed by atoms with Gasteiger partial charge in [0.2, 0.25) is 0 Å². The third-order valence-corrected chi connectivity index (χ3v) is 11.2. The predicted octanol–water partition coefficient (Wildman–Crippen LogP) is 15.6. The van der Waals surface area contributed by atoms with E-state index in [0.717, 1.165) is 32.1 Å². The van der Waals surface area contributed by atoms with Gasteiger partial charge in [0.25, 0.3) is 0 Å². The Balaban J connectivity index is 4.06. The minimum Gasteiger partial charge on any atom is -0.297 e. The molecule has 0 aliphatic heterocycles. The summed E-state index contributed by atoms with van der Waals surface area (Å²) in [6, 6.07) is 0. The van der Waals surface area contributed by atoms with Gasteiger partial charge in [-0.05, 0) is 44.9 Å². The molecule has 0 aromatic heterocycles. The van der Waals surface area contributed by atoms with E-state index in [-0.39, 0.29) is 0 Å².